The standard InChI is InChI=1S/C15H24N4/c1-3-4-5-6-7-8-10-16-15-17-14-12-13(2)9-11-19(14)18-15/h9,11-12H,3-8,10H2,1-2H3,(H,16,18). The molecular weight excluding hydrogens is 236 g/mol. The van der Waals surface area contributed by atoms with Gasteiger partial charge in [0.1, 0.15) is 0 Å². The minimum Gasteiger partial charge on any atom is -0.353 e. The maximum atomic E-state index is 4.46. The largest absolute Gasteiger partial charge is 0.353 e. The molecule has 104 valence electrons. The van der Waals surface area contributed by atoms with Crippen LogP contribution in [-0.2, 0) is 0 Å². The quantitative estimate of drug-likeness (QED) is 0.734. The van der Waals surface area contributed by atoms with Gasteiger partial charge in [-0.3, -0.25) is 0 Å². The van der Waals surface area contributed by atoms with Crippen LogP contribution >= 0.6 is 0 Å². The number of pyridine rings is 1. The van der Waals surface area contributed by atoms with Gasteiger partial charge < -0.3 is 5.32 Å². The van der Waals surface area contributed by atoms with E-state index in [4.69, 9.17) is 0 Å². The van der Waals surface area contributed by atoms with Crippen LogP contribution in [0.1, 0.15) is 51.0 Å². The lowest BCUT2D eigenvalue weighted by Crippen LogP contribution is -2.03. The Bertz CT molecular complexity index is 504. The third kappa shape index (κ3) is 4.23. The molecule has 0 fully saturated rings. The normalized spacial score (nSPS) is 11.1. The van der Waals surface area contributed by atoms with Crippen molar-refractivity contribution in [2.45, 2.75) is 52.4 Å². The van der Waals surface area contributed by atoms with E-state index in [1.807, 2.05) is 22.8 Å². The number of fused-ring (bicyclic) bond motifs is 1. The topological polar surface area (TPSA) is 42.2 Å². The lowest BCUT2D eigenvalue weighted by Gasteiger charge is -2.01. The van der Waals surface area contributed by atoms with Crippen molar-refractivity contribution in [3.63, 3.8) is 0 Å². The van der Waals surface area contributed by atoms with Crippen LogP contribution in [0.2, 0.25) is 0 Å². The Kier molecular flexibility index (Phi) is 5.19. The van der Waals surface area contributed by atoms with E-state index in [1.165, 1.54) is 44.1 Å². The molecular formula is C15H24N4. The zero-order chi connectivity index (χ0) is 13.5. The molecule has 0 amide bonds. The summed E-state index contributed by atoms with van der Waals surface area (Å²) in [5.74, 6) is 0.735. The van der Waals surface area contributed by atoms with Gasteiger partial charge in [0.25, 0.3) is 0 Å². The lowest BCUT2D eigenvalue weighted by atomic mass is 10.1. The average Bonchev–Trinajstić information content (AvgIpc) is 2.79. The van der Waals surface area contributed by atoms with Crippen LogP contribution in [-0.4, -0.2) is 21.1 Å². The van der Waals surface area contributed by atoms with Crippen LogP contribution in [0.25, 0.3) is 5.65 Å². The summed E-state index contributed by atoms with van der Waals surface area (Å²) >= 11 is 0. The summed E-state index contributed by atoms with van der Waals surface area (Å²) in [5.41, 5.74) is 2.12. The summed E-state index contributed by atoms with van der Waals surface area (Å²) < 4.78 is 1.82. The summed E-state index contributed by atoms with van der Waals surface area (Å²) in [5, 5.41) is 7.70. The average molecular weight is 260 g/mol. The van der Waals surface area contributed by atoms with Gasteiger partial charge in [0.15, 0.2) is 5.65 Å². The van der Waals surface area contributed by atoms with Gasteiger partial charge in [0.2, 0.25) is 5.95 Å². The predicted molar refractivity (Wildman–Crippen MR) is 79.6 cm³/mol. The highest BCUT2D eigenvalue weighted by Gasteiger charge is 2.02. The number of nitrogens with one attached hydrogen (secondary N) is 1. The van der Waals surface area contributed by atoms with Crippen molar-refractivity contribution in [2.24, 2.45) is 0 Å². The minimum atomic E-state index is 0.735. The fraction of sp³-hybridized carbons (Fsp3) is 0.600. The van der Waals surface area contributed by atoms with Crippen LogP contribution in [0.15, 0.2) is 18.3 Å². The van der Waals surface area contributed by atoms with Crippen molar-refractivity contribution in [3.05, 3.63) is 23.9 Å². The second-order valence-electron chi connectivity index (χ2n) is 5.14. The number of aryl methyl sites for hydroxylation is 1. The predicted octanol–water partition coefficient (Wildman–Crippen LogP) is 3.81. The molecule has 0 unspecified atom stereocenters. The van der Waals surface area contributed by atoms with E-state index in [9.17, 15) is 0 Å². The molecule has 0 aliphatic carbocycles. The molecule has 4 nitrogen and oxygen atoms in total. The van der Waals surface area contributed by atoms with E-state index in [-0.39, 0.29) is 0 Å². The molecule has 1 N–H and O–H groups in total. The number of anilines is 1. The molecule has 4 heteroatoms. The minimum absolute atomic E-state index is 0.735. The highest BCUT2D eigenvalue weighted by Crippen LogP contribution is 2.08. The molecule has 0 spiro atoms. The number of hydrogen-bond donors (Lipinski definition) is 1. The maximum Gasteiger partial charge on any atom is 0.243 e. The number of rotatable bonds is 8. The van der Waals surface area contributed by atoms with Crippen molar-refractivity contribution in [2.75, 3.05) is 11.9 Å². The summed E-state index contributed by atoms with van der Waals surface area (Å²) in [7, 11) is 0. The number of nitrogens with zero attached hydrogens (tertiary/aromatic N) is 3. The molecule has 19 heavy (non-hydrogen) atoms. The first kappa shape index (κ1) is 13.8. The number of aromatic nitrogens is 3. The van der Waals surface area contributed by atoms with Gasteiger partial charge in [-0.15, -0.1) is 5.10 Å². The highest BCUT2D eigenvalue weighted by molar-refractivity contribution is 5.45. The van der Waals surface area contributed by atoms with Crippen LogP contribution in [0.4, 0.5) is 5.95 Å². The molecule has 0 saturated carbocycles. The van der Waals surface area contributed by atoms with Crippen molar-refractivity contribution in [3.8, 4) is 0 Å². The van der Waals surface area contributed by atoms with Crippen LogP contribution < -0.4 is 5.32 Å². The Morgan fingerprint density at radius 2 is 1.95 bits per heavy atom. The number of hydrogen-bond acceptors (Lipinski definition) is 3. The maximum absolute atomic E-state index is 4.46. The second-order valence-corrected chi connectivity index (χ2v) is 5.14. The molecule has 2 aromatic rings. The van der Waals surface area contributed by atoms with Gasteiger partial charge in [-0.1, -0.05) is 39.0 Å². The van der Waals surface area contributed by atoms with E-state index in [0.717, 1.165) is 18.1 Å². The smallest absolute Gasteiger partial charge is 0.243 e. The van der Waals surface area contributed by atoms with Crippen molar-refractivity contribution < 1.29 is 0 Å². The first-order valence-corrected chi connectivity index (χ1v) is 7.36. The molecule has 2 heterocycles. The van der Waals surface area contributed by atoms with Gasteiger partial charge >= 0.3 is 0 Å². The second kappa shape index (κ2) is 7.12. The van der Waals surface area contributed by atoms with Gasteiger partial charge in [0, 0.05) is 12.7 Å². The summed E-state index contributed by atoms with van der Waals surface area (Å²) in [6, 6.07) is 4.09. The third-order valence-corrected chi connectivity index (χ3v) is 3.31. The molecule has 2 rings (SSSR count). The first-order chi connectivity index (χ1) is 9.29. The fourth-order valence-electron chi connectivity index (χ4n) is 2.16. The van der Waals surface area contributed by atoms with Gasteiger partial charge in [-0.2, -0.15) is 4.98 Å². The van der Waals surface area contributed by atoms with Crippen molar-refractivity contribution in [1.82, 2.24) is 14.6 Å². The molecule has 0 radical (unpaired) electrons. The molecule has 0 saturated heterocycles. The summed E-state index contributed by atoms with van der Waals surface area (Å²) in [6.45, 7) is 5.28. The molecule has 0 atom stereocenters. The Balaban J connectivity index is 1.72. The van der Waals surface area contributed by atoms with E-state index in [2.05, 4.69) is 29.2 Å². The lowest BCUT2D eigenvalue weighted by molar-refractivity contribution is 0.616. The number of unbranched alkanes of at least 4 members (excludes halogenated alkanes) is 5. The molecule has 0 aliphatic heterocycles. The summed E-state index contributed by atoms with van der Waals surface area (Å²) in [4.78, 5) is 4.46. The van der Waals surface area contributed by atoms with E-state index >= 15 is 0 Å². The third-order valence-electron chi connectivity index (χ3n) is 3.31. The zero-order valence-corrected chi connectivity index (χ0v) is 12.0. The van der Waals surface area contributed by atoms with E-state index < -0.39 is 0 Å². The zero-order valence-electron chi connectivity index (χ0n) is 12.0. The van der Waals surface area contributed by atoms with Crippen LogP contribution in [0, 0.1) is 6.92 Å². The van der Waals surface area contributed by atoms with Crippen LogP contribution in [0.5, 0.6) is 0 Å². The van der Waals surface area contributed by atoms with Crippen molar-refractivity contribution in [1.29, 1.82) is 0 Å². The molecule has 0 bridgehead atoms. The first-order valence-electron chi connectivity index (χ1n) is 7.36. The highest BCUT2D eigenvalue weighted by atomic mass is 15.3. The fourth-order valence-corrected chi connectivity index (χ4v) is 2.16. The Hall–Kier alpha value is -1.58. The molecule has 0 aliphatic rings. The van der Waals surface area contributed by atoms with E-state index in [1.54, 1.807) is 0 Å². The summed E-state index contributed by atoms with van der Waals surface area (Å²) in [6.07, 6.45) is 9.81. The Morgan fingerprint density at radius 1 is 1.16 bits per heavy atom. The SMILES string of the molecule is CCCCCCCCNc1nc2cc(C)ccn2n1. The monoisotopic (exact) mass is 260 g/mol. The van der Waals surface area contributed by atoms with Gasteiger partial charge in [-0.25, -0.2) is 4.52 Å². The van der Waals surface area contributed by atoms with Crippen molar-refractivity contribution >= 4 is 11.6 Å². The Morgan fingerprint density at radius 3 is 2.79 bits per heavy atom. The Labute approximate surface area is 115 Å². The molecule has 0 aromatic carbocycles. The molecule has 2 aromatic heterocycles. The van der Waals surface area contributed by atoms with Gasteiger partial charge in [-0.05, 0) is 31.0 Å². The van der Waals surface area contributed by atoms with E-state index in [0.29, 0.717) is 0 Å². The van der Waals surface area contributed by atoms with Gasteiger partial charge in [0.05, 0.1) is 0 Å². The van der Waals surface area contributed by atoms with Crippen LogP contribution in [0.3, 0.4) is 0 Å².